The van der Waals surface area contributed by atoms with Gasteiger partial charge in [-0.15, -0.1) is 0 Å². The van der Waals surface area contributed by atoms with Gasteiger partial charge in [-0.05, 0) is 6.92 Å². The average Bonchev–Trinajstić information content (AvgIpc) is 3.16. The van der Waals surface area contributed by atoms with Crippen LogP contribution in [0.3, 0.4) is 0 Å². The fourth-order valence-corrected chi connectivity index (χ4v) is 1.49. The first-order valence-electron chi connectivity index (χ1n) is 6.47. The molecule has 0 saturated carbocycles. The van der Waals surface area contributed by atoms with Crippen molar-refractivity contribution in [3.63, 3.8) is 0 Å². The van der Waals surface area contributed by atoms with E-state index in [-0.39, 0.29) is 5.92 Å². The Morgan fingerprint density at radius 3 is 2.11 bits per heavy atom. The second-order valence-corrected chi connectivity index (χ2v) is 5.21. The molecule has 4 heteroatoms. The Hall–Kier alpha value is -0.680. The molecule has 2 fully saturated rings. The zero-order valence-electron chi connectivity index (χ0n) is 11.0. The van der Waals surface area contributed by atoms with E-state index < -0.39 is 5.60 Å². The van der Waals surface area contributed by atoms with Crippen LogP contribution in [0.15, 0.2) is 24.3 Å². The topological polar surface area (TPSA) is 54.5 Å². The van der Waals surface area contributed by atoms with Crippen molar-refractivity contribution in [2.45, 2.75) is 31.7 Å². The molecule has 102 valence electrons. The summed E-state index contributed by atoms with van der Waals surface area (Å²) in [7, 11) is 0. The Bertz CT molecular complexity index is 302. The molecule has 4 atom stereocenters. The minimum atomic E-state index is -0.630. The van der Waals surface area contributed by atoms with Crippen molar-refractivity contribution in [1.29, 1.82) is 0 Å². The Morgan fingerprint density at radius 2 is 1.78 bits per heavy atom. The molecule has 0 amide bonds. The summed E-state index contributed by atoms with van der Waals surface area (Å²) in [5.74, 6) is 0.238. The minimum absolute atomic E-state index is 0.238. The van der Waals surface area contributed by atoms with Crippen molar-refractivity contribution in [2.24, 2.45) is 5.92 Å². The summed E-state index contributed by atoms with van der Waals surface area (Å²) in [5.41, 5.74) is -0.630. The molecule has 2 aliphatic heterocycles. The van der Waals surface area contributed by atoms with Crippen LogP contribution >= 0.6 is 0 Å². The van der Waals surface area contributed by atoms with Crippen LogP contribution in [0.25, 0.3) is 0 Å². The number of hydrogen-bond acceptors (Lipinski definition) is 4. The van der Waals surface area contributed by atoms with Crippen molar-refractivity contribution in [3.8, 4) is 0 Å². The van der Waals surface area contributed by atoms with Gasteiger partial charge in [0.15, 0.2) is 0 Å². The number of allylic oxidation sites excluding steroid dienone is 2. The Balaban J connectivity index is 0.000000134. The van der Waals surface area contributed by atoms with Crippen molar-refractivity contribution in [1.82, 2.24) is 0 Å². The van der Waals surface area contributed by atoms with E-state index in [2.05, 4.69) is 0 Å². The molecular weight excluding hydrogens is 232 g/mol. The molecule has 4 nitrogen and oxygen atoms in total. The van der Waals surface area contributed by atoms with Gasteiger partial charge in [0.1, 0.15) is 12.2 Å². The van der Waals surface area contributed by atoms with Gasteiger partial charge in [-0.1, -0.05) is 31.2 Å². The van der Waals surface area contributed by atoms with E-state index in [4.69, 9.17) is 14.2 Å². The van der Waals surface area contributed by atoms with E-state index >= 15 is 0 Å². The molecule has 0 spiro atoms. The molecule has 0 bridgehead atoms. The Labute approximate surface area is 108 Å². The predicted octanol–water partition coefficient (Wildman–Crippen LogP) is 1.30. The number of epoxide rings is 2. The third-order valence-corrected chi connectivity index (χ3v) is 3.28. The van der Waals surface area contributed by atoms with Gasteiger partial charge >= 0.3 is 0 Å². The lowest BCUT2D eigenvalue weighted by Crippen LogP contribution is -2.29. The molecule has 2 saturated heterocycles. The van der Waals surface area contributed by atoms with Gasteiger partial charge < -0.3 is 19.3 Å². The molecule has 0 aromatic heterocycles. The number of rotatable bonds is 4. The highest BCUT2D eigenvalue weighted by molar-refractivity contribution is 5.19. The molecular formula is C14H22O4. The highest BCUT2D eigenvalue weighted by Crippen LogP contribution is 2.22. The third-order valence-electron chi connectivity index (χ3n) is 3.28. The highest BCUT2D eigenvalue weighted by atomic mass is 16.6. The first-order chi connectivity index (χ1) is 8.58. The largest absolute Gasteiger partial charge is 0.385 e. The number of ether oxygens (including phenoxy) is 3. The van der Waals surface area contributed by atoms with Gasteiger partial charge in [-0.25, -0.2) is 0 Å². The molecule has 3 rings (SSSR count). The van der Waals surface area contributed by atoms with Crippen LogP contribution in [-0.4, -0.2) is 49.3 Å². The first-order valence-corrected chi connectivity index (χ1v) is 6.47. The van der Waals surface area contributed by atoms with E-state index in [0.717, 1.165) is 26.4 Å². The van der Waals surface area contributed by atoms with Crippen molar-refractivity contribution >= 4 is 0 Å². The second-order valence-electron chi connectivity index (χ2n) is 5.21. The molecule has 3 aliphatic rings. The summed E-state index contributed by atoms with van der Waals surface area (Å²) in [6, 6.07) is 0. The van der Waals surface area contributed by atoms with E-state index in [9.17, 15) is 5.11 Å². The quantitative estimate of drug-likeness (QED) is 0.768. The number of hydrogen-bond donors (Lipinski definition) is 1. The van der Waals surface area contributed by atoms with Crippen LogP contribution in [-0.2, 0) is 14.2 Å². The molecule has 4 unspecified atom stereocenters. The summed E-state index contributed by atoms with van der Waals surface area (Å²) in [6.07, 6.45) is 8.44. The van der Waals surface area contributed by atoms with Crippen LogP contribution in [0.5, 0.6) is 0 Å². The minimum Gasteiger partial charge on any atom is -0.385 e. The highest BCUT2D eigenvalue weighted by Gasteiger charge is 2.26. The molecule has 1 aliphatic carbocycles. The Morgan fingerprint density at radius 1 is 1.22 bits per heavy atom. The summed E-state index contributed by atoms with van der Waals surface area (Å²) in [6.45, 7) is 7.08. The van der Waals surface area contributed by atoms with E-state index in [1.165, 1.54) is 0 Å². The standard InChI is InChI=1S/C8H12O.C6H10O3/c1-7-5-3-4-6-8(7,2)9;1(5-3-8-5)7-2-6-4-9-6/h3-7,9H,1-2H3;5-6H,1-4H2. The normalized spacial score (nSPS) is 40.1. The van der Waals surface area contributed by atoms with Gasteiger partial charge in [0.05, 0.1) is 32.0 Å². The van der Waals surface area contributed by atoms with Crippen LogP contribution in [0.4, 0.5) is 0 Å². The zero-order valence-corrected chi connectivity index (χ0v) is 11.0. The first kappa shape index (κ1) is 13.7. The monoisotopic (exact) mass is 254 g/mol. The molecule has 18 heavy (non-hydrogen) atoms. The van der Waals surface area contributed by atoms with E-state index in [1.54, 1.807) is 0 Å². The summed E-state index contributed by atoms with van der Waals surface area (Å²) in [4.78, 5) is 0. The van der Waals surface area contributed by atoms with Crippen molar-refractivity contribution in [2.75, 3.05) is 26.4 Å². The molecule has 1 N–H and O–H groups in total. The van der Waals surface area contributed by atoms with Gasteiger partial charge in [-0.2, -0.15) is 0 Å². The Kier molecular flexibility index (Phi) is 4.56. The fraction of sp³-hybridized carbons (Fsp3) is 0.714. The predicted molar refractivity (Wildman–Crippen MR) is 68.4 cm³/mol. The SMILES string of the molecule is C(OCC1CO1)C1CO1.CC1C=CC=CC1(C)O. The fourth-order valence-electron chi connectivity index (χ4n) is 1.49. The molecule has 0 radical (unpaired) electrons. The summed E-state index contributed by atoms with van der Waals surface area (Å²) < 4.78 is 15.1. The average molecular weight is 254 g/mol. The molecule has 0 aromatic carbocycles. The van der Waals surface area contributed by atoms with E-state index in [1.807, 2.05) is 38.2 Å². The van der Waals surface area contributed by atoms with Crippen molar-refractivity contribution in [3.05, 3.63) is 24.3 Å². The maximum absolute atomic E-state index is 9.50. The lowest BCUT2D eigenvalue weighted by molar-refractivity contribution is 0.0730. The smallest absolute Gasteiger partial charge is 0.104 e. The second kappa shape index (κ2) is 5.97. The van der Waals surface area contributed by atoms with Crippen LogP contribution in [0.2, 0.25) is 0 Å². The maximum atomic E-state index is 9.50. The van der Waals surface area contributed by atoms with Crippen LogP contribution in [0, 0.1) is 5.92 Å². The van der Waals surface area contributed by atoms with Gasteiger partial charge in [0.2, 0.25) is 0 Å². The van der Waals surface area contributed by atoms with Gasteiger partial charge in [0, 0.05) is 5.92 Å². The maximum Gasteiger partial charge on any atom is 0.104 e. The number of aliphatic hydroxyl groups is 1. The third kappa shape index (κ3) is 4.90. The molecule has 0 aromatic rings. The van der Waals surface area contributed by atoms with Crippen LogP contribution in [0.1, 0.15) is 13.8 Å². The lowest BCUT2D eigenvalue weighted by atomic mass is 9.87. The lowest BCUT2D eigenvalue weighted by Gasteiger charge is -2.26. The van der Waals surface area contributed by atoms with Gasteiger partial charge in [-0.3, -0.25) is 0 Å². The molecule has 2 heterocycles. The van der Waals surface area contributed by atoms with E-state index in [0.29, 0.717) is 12.2 Å². The van der Waals surface area contributed by atoms with Gasteiger partial charge in [0.25, 0.3) is 0 Å². The summed E-state index contributed by atoms with van der Waals surface area (Å²) in [5, 5.41) is 9.50. The summed E-state index contributed by atoms with van der Waals surface area (Å²) >= 11 is 0. The van der Waals surface area contributed by atoms with Crippen molar-refractivity contribution < 1.29 is 19.3 Å². The van der Waals surface area contributed by atoms with Crippen LogP contribution < -0.4 is 0 Å². The zero-order chi connectivity index (χ0) is 13.0.